The zero-order chi connectivity index (χ0) is 15.4. The summed E-state index contributed by atoms with van der Waals surface area (Å²) in [6.07, 6.45) is 0.990. The summed E-state index contributed by atoms with van der Waals surface area (Å²) in [6.45, 7) is 7.73. The first-order valence-electron chi connectivity index (χ1n) is 7.47. The summed E-state index contributed by atoms with van der Waals surface area (Å²) in [4.78, 5) is 26.1. The van der Waals surface area contributed by atoms with Crippen molar-refractivity contribution in [1.29, 1.82) is 0 Å². The van der Waals surface area contributed by atoms with E-state index in [1.54, 1.807) is 11.8 Å². The first kappa shape index (κ1) is 15.4. The van der Waals surface area contributed by atoms with Crippen LogP contribution in [-0.2, 0) is 4.79 Å². The molecule has 2 rings (SSSR count). The fourth-order valence-corrected chi connectivity index (χ4v) is 2.47. The van der Waals surface area contributed by atoms with Gasteiger partial charge in [-0.1, -0.05) is 13.0 Å². The van der Waals surface area contributed by atoms with Gasteiger partial charge in [0, 0.05) is 25.3 Å². The van der Waals surface area contributed by atoms with E-state index in [-0.39, 0.29) is 11.8 Å². The number of piperazine rings is 1. The average Bonchev–Trinajstić information content (AvgIpc) is 2.47. The molecule has 0 aliphatic carbocycles. The molecule has 1 fully saturated rings. The van der Waals surface area contributed by atoms with Crippen LogP contribution in [0.5, 0.6) is 0 Å². The molecule has 1 aliphatic heterocycles. The Bertz CT molecular complexity index is 542. The van der Waals surface area contributed by atoms with Crippen LogP contribution in [0.2, 0.25) is 0 Å². The van der Waals surface area contributed by atoms with Gasteiger partial charge in [-0.05, 0) is 38.0 Å². The van der Waals surface area contributed by atoms with Crippen LogP contribution < -0.4 is 10.6 Å². The Kier molecular flexibility index (Phi) is 4.83. The fourth-order valence-electron chi connectivity index (χ4n) is 2.47. The number of rotatable bonds is 4. The zero-order valence-corrected chi connectivity index (χ0v) is 12.9. The Morgan fingerprint density at radius 3 is 2.95 bits per heavy atom. The largest absolute Gasteiger partial charge is 0.384 e. The number of hydrogen-bond acceptors (Lipinski definition) is 3. The molecule has 0 aromatic heterocycles. The van der Waals surface area contributed by atoms with Crippen LogP contribution in [0.25, 0.3) is 0 Å². The standard InChI is InChI=1S/C16H23N3O2/c1-4-7-17-14-10-11(2)5-6-13(14)16(21)19-9-8-18-15(20)12(19)3/h5-6,10,12,17H,4,7-9H2,1-3H3,(H,18,20). The lowest BCUT2D eigenvalue weighted by molar-refractivity contribution is -0.127. The molecule has 1 aromatic rings. The van der Waals surface area contributed by atoms with Gasteiger partial charge in [0.2, 0.25) is 5.91 Å². The van der Waals surface area contributed by atoms with E-state index in [9.17, 15) is 9.59 Å². The molecular formula is C16H23N3O2. The predicted molar refractivity (Wildman–Crippen MR) is 83.5 cm³/mol. The van der Waals surface area contributed by atoms with Crippen molar-refractivity contribution in [2.24, 2.45) is 0 Å². The molecule has 114 valence electrons. The van der Waals surface area contributed by atoms with Crippen molar-refractivity contribution in [3.8, 4) is 0 Å². The van der Waals surface area contributed by atoms with Crippen LogP contribution >= 0.6 is 0 Å². The summed E-state index contributed by atoms with van der Waals surface area (Å²) < 4.78 is 0. The monoisotopic (exact) mass is 289 g/mol. The summed E-state index contributed by atoms with van der Waals surface area (Å²) in [7, 11) is 0. The molecule has 0 saturated carbocycles. The van der Waals surface area contributed by atoms with Crippen LogP contribution in [-0.4, -0.2) is 42.4 Å². The smallest absolute Gasteiger partial charge is 0.256 e. The van der Waals surface area contributed by atoms with Gasteiger partial charge in [0.15, 0.2) is 0 Å². The van der Waals surface area contributed by atoms with Crippen LogP contribution in [0, 0.1) is 6.92 Å². The van der Waals surface area contributed by atoms with Crippen molar-refractivity contribution in [3.05, 3.63) is 29.3 Å². The number of nitrogens with one attached hydrogen (secondary N) is 2. The highest BCUT2D eigenvalue weighted by atomic mass is 16.2. The third-order valence-electron chi connectivity index (χ3n) is 3.73. The molecule has 1 heterocycles. The van der Waals surface area contributed by atoms with Gasteiger partial charge >= 0.3 is 0 Å². The maximum Gasteiger partial charge on any atom is 0.256 e. The SMILES string of the molecule is CCCNc1cc(C)ccc1C(=O)N1CCNC(=O)C1C. The van der Waals surface area contributed by atoms with Crippen molar-refractivity contribution in [2.45, 2.75) is 33.2 Å². The van der Waals surface area contributed by atoms with E-state index in [1.807, 2.05) is 25.1 Å². The maximum atomic E-state index is 12.8. The second-order valence-corrected chi connectivity index (χ2v) is 5.44. The highest BCUT2D eigenvalue weighted by Gasteiger charge is 2.30. The minimum Gasteiger partial charge on any atom is -0.384 e. The van der Waals surface area contributed by atoms with Crippen molar-refractivity contribution in [2.75, 3.05) is 25.0 Å². The molecule has 5 heteroatoms. The first-order valence-corrected chi connectivity index (χ1v) is 7.47. The lowest BCUT2D eigenvalue weighted by Crippen LogP contribution is -2.55. The van der Waals surface area contributed by atoms with Gasteiger partial charge < -0.3 is 15.5 Å². The van der Waals surface area contributed by atoms with Crippen molar-refractivity contribution < 1.29 is 9.59 Å². The molecule has 1 aromatic carbocycles. The molecule has 21 heavy (non-hydrogen) atoms. The fraction of sp³-hybridized carbons (Fsp3) is 0.500. The average molecular weight is 289 g/mol. The number of hydrogen-bond donors (Lipinski definition) is 2. The van der Waals surface area contributed by atoms with Crippen molar-refractivity contribution >= 4 is 17.5 Å². The van der Waals surface area contributed by atoms with Gasteiger partial charge in [-0.2, -0.15) is 0 Å². The summed E-state index contributed by atoms with van der Waals surface area (Å²) in [6, 6.07) is 5.33. The van der Waals surface area contributed by atoms with Gasteiger partial charge in [-0.25, -0.2) is 0 Å². The summed E-state index contributed by atoms with van der Waals surface area (Å²) in [5.41, 5.74) is 2.59. The molecule has 1 atom stereocenters. The minimum absolute atomic E-state index is 0.0871. The van der Waals surface area contributed by atoms with Crippen LogP contribution in [0.15, 0.2) is 18.2 Å². The van der Waals surface area contributed by atoms with E-state index >= 15 is 0 Å². The normalized spacial score (nSPS) is 18.3. The number of aryl methyl sites for hydroxylation is 1. The zero-order valence-electron chi connectivity index (χ0n) is 12.9. The lowest BCUT2D eigenvalue weighted by atomic mass is 10.1. The van der Waals surface area contributed by atoms with E-state index in [4.69, 9.17) is 0 Å². The van der Waals surface area contributed by atoms with Gasteiger partial charge in [-0.3, -0.25) is 9.59 Å². The number of benzene rings is 1. The molecule has 1 unspecified atom stereocenters. The molecule has 0 radical (unpaired) electrons. The first-order chi connectivity index (χ1) is 10.0. The van der Waals surface area contributed by atoms with E-state index in [2.05, 4.69) is 17.6 Å². The second kappa shape index (κ2) is 6.61. The van der Waals surface area contributed by atoms with E-state index in [1.165, 1.54) is 0 Å². The minimum atomic E-state index is -0.424. The van der Waals surface area contributed by atoms with Gasteiger partial charge in [0.25, 0.3) is 5.91 Å². The van der Waals surface area contributed by atoms with Crippen molar-refractivity contribution in [3.63, 3.8) is 0 Å². The van der Waals surface area contributed by atoms with E-state index in [0.717, 1.165) is 24.2 Å². The molecule has 2 N–H and O–H groups in total. The maximum absolute atomic E-state index is 12.8. The highest BCUT2D eigenvalue weighted by molar-refractivity contribution is 6.02. The number of amides is 2. The summed E-state index contributed by atoms with van der Waals surface area (Å²) in [5, 5.41) is 6.08. The Hall–Kier alpha value is -2.04. The molecule has 0 spiro atoms. The topological polar surface area (TPSA) is 61.4 Å². The quantitative estimate of drug-likeness (QED) is 0.888. The van der Waals surface area contributed by atoms with Crippen LogP contribution in [0.3, 0.4) is 0 Å². The third-order valence-corrected chi connectivity index (χ3v) is 3.73. The number of nitrogens with zero attached hydrogens (tertiary/aromatic N) is 1. The summed E-state index contributed by atoms with van der Waals surface area (Å²) in [5.74, 6) is -0.180. The van der Waals surface area contributed by atoms with E-state index < -0.39 is 6.04 Å². The van der Waals surface area contributed by atoms with Gasteiger partial charge in [-0.15, -0.1) is 0 Å². The third kappa shape index (κ3) is 3.35. The molecular weight excluding hydrogens is 266 g/mol. The lowest BCUT2D eigenvalue weighted by Gasteiger charge is -2.33. The molecule has 0 bridgehead atoms. The Morgan fingerprint density at radius 1 is 1.48 bits per heavy atom. The molecule has 2 amide bonds. The van der Waals surface area contributed by atoms with E-state index in [0.29, 0.717) is 18.7 Å². The number of carbonyl (C=O) groups is 2. The van der Waals surface area contributed by atoms with Crippen molar-refractivity contribution in [1.82, 2.24) is 10.2 Å². The molecule has 1 saturated heterocycles. The van der Waals surface area contributed by atoms with Crippen LogP contribution in [0.4, 0.5) is 5.69 Å². The van der Waals surface area contributed by atoms with Gasteiger partial charge in [0.05, 0.1) is 5.56 Å². The number of carbonyl (C=O) groups excluding carboxylic acids is 2. The van der Waals surface area contributed by atoms with Gasteiger partial charge in [0.1, 0.15) is 6.04 Å². The Morgan fingerprint density at radius 2 is 2.24 bits per heavy atom. The number of anilines is 1. The second-order valence-electron chi connectivity index (χ2n) is 5.44. The molecule has 1 aliphatic rings. The van der Waals surface area contributed by atoms with Crippen LogP contribution in [0.1, 0.15) is 36.2 Å². The summed E-state index contributed by atoms with van der Waals surface area (Å²) >= 11 is 0. The Balaban J connectivity index is 2.27. The Labute approximate surface area is 125 Å². The molecule has 5 nitrogen and oxygen atoms in total. The predicted octanol–water partition coefficient (Wildman–Crippen LogP) is 1.78. The highest BCUT2D eigenvalue weighted by Crippen LogP contribution is 2.21.